The van der Waals surface area contributed by atoms with Crippen LogP contribution >= 0.6 is 39.1 Å². The van der Waals surface area contributed by atoms with E-state index in [1.54, 1.807) is 6.07 Å². The summed E-state index contributed by atoms with van der Waals surface area (Å²) < 4.78 is 7.01. The summed E-state index contributed by atoms with van der Waals surface area (Å²) in [6, 6.07) is 11.4. The standard InChI is InChI=1S/C15H12BrCl2NO/c16-8-4-5-9-12(19)7-14(20-13(9)6-8)10-2-1-3-11(17)15(10)18/h1-6,12,14H,7,19H2/t12-,14?/m1/s1. The van der Waals surface area contributed by atoms with Crippen molar-refractivity contribution >= 4 is 39.1 Å². The Balaban J connectivity index is 2.00. The third-order valence-corrected chi connectivity index (χ3v) is 4.77. The first kappa shape index (κ1) is 14.2. The molecule has 2 atom stereocenters. The Morgan fingerprint density at radius 3 is 2.75 bits per heavy atom. The van der Waals surface area contributed by atoms with E-state index in [0.717, 1.165) is 21.3 Å². The molecule has 0 saturated carbocycles. The number of rotatable bonds is 1. The summed E-state index contributed by atoms with van der Waals surface area (Å²) in [5.41, 5.74) is 8.13. The zero-order valence-corrected chi connectivity index (χ0v) is 13.5. The van der Waals surface area contributed by atoms with Gasteiger partial charge in [-0.3, -0.25) is 0 Å². The number of halogens is 3. The van der Waals surface area contributed by atoms with Crippen molar-refractivity contribution in [3.63, 3.8) is 0 Å². The molecule has 5 heteroatoms. The van der Waals surface area contributed by atoms with Gasteiger partial charge in [0.25, 0.3) is 0 Å². The van der Waals surface area contributed by atoms with Gasteiger partial charge >= 0.3 is 0 Å². The summed E-state index contributed by atoms with van der Waals surface area (Å²) in [7, 11) is 0. The second-order valence-corrected chi connectivity index (χ2v) is 6.47. The zero-order chi connectivity index (χ0) is 14.3. The van der Waals surface area contributed by atoms with Crippen LogP contribution in [0.5, 0.6) is 5.75 Å². The number of ether oxygens (including phenoxy) is 1. The Hall–Kier alpha value is -0.740. The van der Waals surface area contributed by atoms with Gasteiger partial charge in [0.05, 0.1) is 10.0 Å². The third kappa shape index (κ3) is 2.56. The lowest BCUT2D eigenvalue weighted by atomic mass is 9.93. The maximum absolute atomic E-state index is 6.27. The Bertz CT molecular complexity index is 662. The highest BCUT2D eigenvalue weighted by Gasteiger charge is 2.28. The minimum atomic E-state index is -0.182. The van der Waals surface area contributed by atoms with E-state index in [1.807, 2.05) is 30.3 Å². The molecule has 2 aromatic rings. The van der Waals surface area contributed by atoms with Gasteiger partial charge < -0.3 is 10.5 Å². The molecule has 0 bridgehead atoms. The van der Waals surface area contributed by atoms with Crippen molar-refractivity contribution < 1.29 is 4.74 Å². The van der Waals surface area contributed by atoms with Crippen molar-refractivity contribution in [3.8, 4) is 5.75 Å². The smallest absolute Gasteiger partial charge is 0.127 e. The minimum Gasteiger partial charge on any atom is -0.485 e. The lowest BCUT2D eigenvalue weighted by Crippen LogP contribution is -2.24. The van der Waals surface area contributed by atoms with Crippen molar-refractivity contribution in [2.24, 2.45) is 5.73 Å². The molecule has 0 amide bonds. The molecule has 104 valence electrons. The highest BCUT2D eigenvalue weighted by molar-refractivity contribution is 9.10. The van der Waals surface area contributed by atoms with Crippen LogP contribution in [0.15, 0.2) is 40.9 Å². The highest BCUT2D eigenvalue weighted by atomic mass is 79.9. The molecule has 0 spiro atoms. The molecule has 1 unspecified atom stereocenters. The van der Waals surface area contributed by atoms with Crippen LogP contribution in [0.25, 0.3) is 0 Å². The van der Waals surface area contributed by atoms with E-state index in [9.17, 15) is 0 Å². The van der Waals surface area contributed by atoms with Crippen LogP contribution in [0.2, 0.25) is 10.0 Å². The number of benzene rings is 2. The lowest BCUT2D eigenvalue weighted by molar-refractivity contribution is 0.161. The van der Waals surface area contributed by atoms with Gasteiger partial charge in [-0.15, -0.1) is 0 Å². The molecule has 2 nitrogen and oxygen atoms in total. The molecule has 1 heterocycles. The van der Waals surface area contributed by atoms with E-state index in [-0.39, 0.29) is 12.1 Å². The molecule has 2 aromatic carbocycles. The van der Waals surface area contributed by atoms with Gasteiger partial charge in [0.15, 0.2) is 0 Å². The quantitative estimate of drug-likeness (QED) is 0.738. The van der Waals surface area contributed by atoms with Gasteiger partial charge in [-0.2, -0.15) is 0 Å². The molecule has 0 radical (unpaired) electrons. The first-order valence-electron chi connectivity index (χ1n) is 6.22. The molecule has 20 heavy (non-hydrogen) atoms. The molecule has 0 fully saturated rings. The SMILES string of the molecule is N[C@@H]1CC(c2cccc(Cl)c2Cl)Oc2cc(Br)ccc21. The second-order valence-electron chi connectivity index (χ2n) is 4.77. The van der Waals surface area contributed by atoms with Gasteiger partial charge in [0.2, 0.25) is 0 Å². The van der Waals surface area contributed by atoms with E-state index < -0.39 is 0 Å². The van der Waals surface area contributed by atoms with Crippen LogP contribution < -0.4 is 10.5 Å². The first-order valence-corrected chi connectivity index (χ1v) is 7.76. The molecule has 1 aliphatic heterocycles. The largest absolute Gasteiger partial charge is 0.485 e. The van der Waals surface area contributed by atoms with Crippen LogP contribution in [0.1, 0.15) is 29.7 Å². The van der Waals surface area contributed by atoms with Crippen molar-refractivity contribution in [2.45, 2.75) is 18.6 Å². The van der Waals surface area contributed by atoms with Gasteiger partial charge in [0.1, 0.15) is 11.9 Å². The fourth-order valence-electron chi connectivity index (χ4n) is 2.44. The first-order chi connectivity index (χ1) is 9.56. The summed E-state index contributed by atoms with van der Waals surface area (Å²) in [4.78, 5) is 0. The van der Waals surface area contributed by atoms with Crippen LogP contribution in [0.4, 0.5) is 0 Å². The van der Waals surface area contributed by atoms with Crippen molar-refractivity contribution in [1.29, 1.82) is 0 Å². The average Bonchev–Trinajstić information content (AvgIpc) is 2.41. The Kier molecular flexibility index (Phi) is 3.95. The fourth-order valence-corrected chi connectivity index (χ4v) is 3.20. The molecule has 0 aliphatic carbocycles. The summed E-state index contributed by atoms with van der Waals surface area (Å²) in [6.45, 7) is 0. The van der Waals surface area contributed by atoms with Gasteiger partial charge in [-0.1, -0.05) is 57.3 Å². The third-order valence-electron chi connectivity index (χ3n) is 3.44. The van der Waals surface area contributed by atoms with Crippen LogP contribution in [-0.4, -0.2) is 0 Å². The zero-order valence-electron chi connectivity index (χ0n) is 10.4. The van der Waals surface area contributed by atoms with Crippen molar-refractivity contribution in [2.75, 3.05) is 0 Å². The fraction of sp³-hybridized carbons (Fsp3) is 0.200. The van der Waals surface area contributed by atoms with Crippen LogP contribution in [-0.2, 0) is 0 Å². The molecular weight excluding hydrogens is 361 g/mol. The molecule has 3 rings (SSSR count). The summed E-state index contributed by atoms with van der Waals surface area (Å²) in [6.07, 6.45) is 0.493. The second kappa shape index (κ2) is 5.57. The van der Waals surface area contributed by atoms with Crippen molar-refractivity contribution in [3.05, 3.63) is 62.0 Å². The number of nitrogens with two attached hydrogens (primary N) is 1. The molecule has 0 saturated heterocycles. The Morgan fingerprint density at radius 2 is 1.95 bits per heavy atom. The Morgan fingerprint density at radius 1 is 1.15 bits per heavy atom. The van der Waals surface area contributed by atoms with Crippen molar-refractivity contribution in [1.82, 2.24) is 0 Å². The normalized spacial score (nSPS) is 21.2. The number of hydrogen-bond acceptors (Lipinski definition) is 2. The minimum absolute atomic E-state index is 0.0769. The van der Waals surface area contributed by atoms with E-state index in [2.05, 4.69) is 15.9 Å². The topological polar surface area (TPSA) is 35.2 Å². The predicted molar refractivity (Wildman–Crippen MR) is 85.5 cm³/mol. The van der Waals surface area contributed by atoms with Gasteiger partial charge in [-0.25, -0.2) is 0 Å². The summed E-state index contributed by atoms with van der Waals surface area (Å²) >= 11 is 15.8. The maximum atomic E-state index is 6.27. The number of hydrogen-bond donors (Lipinski definition) is 1. The molecule has 0 aromatic heterocycles. The van der Waals surface area contributed by atoms with Gasteiger partial charge in [-0.05, 0) is 18.2 Å². The van der Waals surface area contributed by atoms with E-state index in [1.165, 1.54) is 0 Å². The lowest BCUT2D eigenvalue weighted by Gasteiger charge is -2.31. The van der Waals surface area contributed by atoms with E-state index in [4.69, 9.17) is 33.7 Å². The maximum Gasteiger partial charge on any atom is 0.127 e. The molecule has 2 N–H and O–H groups in total. The number of fused-ring (bicyclic) bond motifs is 1. The molecule has 1 aliphatic rings. The average molecular weight is 373 g/mol. The van der Waals surface area contributed by atoms with Crippen LogP contribution in [0, 0.1) is 0 Å². The predicted octanol–water partition coefficient (Wildman–Crippen LogP) is 5.28. The van der Waals surface area contributed by atoms with Gasteiger partial charge in [0, 0.05) is 28.1 Å². The van der Waals surface area contributed by atoms with Crippen LogP contribution in [0.3, 0.4) is 0 Å². The van der Waals surface area contributed by atoms with E-state index >= 15 is 0 Å². The summed E-state index contributed by atoms with van der Waals surface area (Å²) in [5.74, 6) is 0.791. The molecular formula is C15H12BrCl2NO. The Labute approximate surface area is 136 Å². The monoisotopic (exact) mass is 371 g/mol. The van der Waals surface area contributed by atoms with E-state index in [0.29, 0.717) is 16.5 Å². The highest BCUT2D eigenvalue weighted by Crippen LogP contribution is 2.43. The summed E-state index contributed by atoms with van der Waals surface area (Å²) in [5, 5.41) is 1.06.